The molecule has 4 aromatic heterocycles. The van der Waals surface area contributed by atoms with Crippen LogP contribution in [0.4, 0.5) is 0 Å². The molecule has 7 heteroatoms. The van der Waals surface area contributed by atoms with Crippen LogP contribution in [0, 0.1) is 0 Å². The summed E-state index contributed by atoms with van der Waals surface area (Å²) in [5.41, 5.74) is 3.98. The van der Waals surface area contributed by atoms with Crippen molar-refractivity contribution in [2.24, 2.45) is 0 Å². The van der Waals surface area contributed by atoms with Crippen LogP contribution in [0.2, 0.25) is 0 Å². The highest BCUT2D eigenvalue weighted by molar-refractivity contribution is 5.81. The molecule has 0 spiro atoms. The SMILES string of the molecule is O=C(Cn1cccn1)N1CCC(c2ccc3cc(-c4ccncc4)cnc3n2)CC1. The average Bonchev–Trinajstić information content (AvgIpc) is 3.32. The van der Waals surface area contributed by atoms with Crippen LogP contribution in [0.5, 0.6) is 0 Å². The van der Waals surface area contributed by atoms with Gasteiger partial charge in [-0.15, -0.1) is 0 Å². The smallest absolute Gasteiger partial charge is 0.244 e. The number of aromatic nitrogens is 5. The van der Waals surface area contributed by atoms with E-state index >= 15 is 0 Å². The molecule has 0 aliphatic carbocycles. The lowest BCUT2D eigenvalue weighted by Gasteiger charge is -2.31. The highest BCUT2D eigenvalue weighted by Gasteiger charge is 2.25. The highest BCUT2D eigenvalue weighted by atomic mass is 16.2. The fraction of sp³-hybridized carbons (Fsp3) is 0.261. The maximum Gasteiger partial charge on any atom is 0.244 e. The number of nitrogens with zero attached hydrogens (tertiary/aromatic N) is 6. The van der Waals surface area contributed by atoms with Gasteiger partial charge in [0.2, 0.25) is 5.91 Å². The van der Waals surface area contributed by atoms with E-state index in [9.17, 15) is 4.79 Å². The Morgan fingerprint density at radius 1 is 1.03 bits per heavy atom. The number of carbonyl (C=O) groups excluding carboxylic acids is 1. The Kier molecular flexibility index (Phi) is 4.93. The molecule has 5 rings (SSSR count). The van der Waals surface area contributed by atoms with Gasteiger partial charge in [-0.25, -0.2) is 9.97 Å². The van der Waals surface area contributed by atoms with Crippen molar-refractivity contribution in [2.75, 3.05) is 13.1 Å². The Balaban J connectivity index is 1.27. The van der Waals surface area contributed by atoms with E-state index in [1.807, 2.05) is 35.5 Å². The van der Waals surface area contributed by atoms with Crippen LogP contribution in [0.1, 0.15) is 24.5 Å². The first-order chi connectivity index (χ1) is 14.8. The summed E-state index contributed by atoms with van der Waals surface area (Å²) in [7, 11) is 0. The number of rotatable bonds is 4. The maximum atomic E-state index is 12.5. The molecule has 0 N–H and O–H groups in total. The summed E-state index contributed by atoms with van der Waals surface area (Å²) < 4.78 is 1.67. The van der Waals surface area contributed by atoms with Crippen molar-refractivity contribution >= 4 is 16.9 Å². The van der Waals surface area contributed by atoms with E-state index in [2.05, 4.69) is 33.3 Å². The quantitative estimate of drug-likeness (QED) is 0.527. The van der Waals surface area contributed by atoms with Gasteiger partial charge < -0.3 is 4.90 Å². The molecule has 5 heterocycles. The van der Waals surface area contributed by atoms with Crippen LogP contribution in [-0.2, 0) is 11.3 Å². The second-order valence-electron chi connectivity index (χ2n) is 7.60. The number of piperidine rings is 1. The third-order valence-electron chi connectivity index (χ3n) is 5.70. The van der Waals surface area contributed by atoms with Gasteiger partial charge in [0.05, 0.1) is 0 Å². The van der Waals surface area contributed by atoms with Crippen LogP contribution in [0.3, 0.4) is 0 Å². The standard InChI is InChI=1S/C23H22N6O/c30-22(16-29-11-1-8-26-29)28-12-6-18(7-13-28)21-3-2-19-14-20(15-25-23(19)27-21)17-4-9-24-10-5-17/h1-5,8-11,14-15,18H,6-7,12-13,16H2. The van der Waals surface area contributed by atoms with E-state index in [0.29, 0.717) is 12.5 Å². The molecule has 1 aliphatic heterocycles. The normalized spacial score (nSPS) is 14.9. The summed E-state index contributed by atoms with van der Waals surface area (Å²) in [5, 5.41) is 5.14. The van der Waals surface area contributed by atoms with Crippen LogP contribution in [0.15, 0.2) is 67.4 Å². The monoisotopic (exact) mass is 398 g/mol. The topological polar surface area (TPSA) is 76.8 Å². The van der Waals surface area contributed by atoms with Gasteiger partial charge in [0.15, 0.2) is 5.65 Å². The second-order valence-corrected chi connectivity index (χ2v) is 7.60. The minimum Gasteiger partial charge on any atom is -0.341 e. The predicted molar refractivity (Wildman–Crippen MR) is 114 cm³/mol. The van der Waals surface area contributed by atoms with E-state index in [4.69, 9.17) is 4.98 Å². The van der Waals surface area contributed by atoms with E-state index in [0.717, 1.165) is 53.8 Å². The Labute approximate surface area is 174 Å². The molecule has 0 bridgehead atoms. The number of pyridine rings is 3. The molecule has 7 nitrogen and oxygen atoms in total. The number of amides is 1. The van der Waals surface area contributed by atoms with Crippen LogP contribution in [0.25, 0.3) is 22.2 Å². The third-order valence-corrected chi connectivity index (χ3v) is 5.70. The Morgan fingerprint density at radius 3 is 2.63 bits per heavy atom. The first-order valence-corrected chi connectivity index (χ1v) is 10.2. The van der Waals surface area contributed by atoms with E-state index in [1.165, 1.54) is 0 Å². The molecule has 30 heavy (non-hydrogen) atoms. The molecule has 0 radical (unpaired) electrons. The molecule has 1 fully saturated rings. The van der Waals surface area contributed by atoms with Gasteiger partial charge in [-0.05, 0) is 54.8 Å². The lowest BCUT2D eigenvalue weighted by molar-refractivity contribution is -0.133. The second kappa shape index (κ2) is 8.02. The summed E-state index contributed by atoms with van der Waals surface area (Å²) in [4.78, 5) is 27.9. The van der Waals surface area contributed by atoms with Crippen molar-refractivity contribution in [3.63, 3.8) is 0 Å². The molecule has 1 saturated heterocycles. The molecule has 1 amide bonds. The molecule has 0 unspecified atom stereocenters. The fourth-order valence-electron chi connectivity index (χ4n) is 4.01. The van der Waals surface area contributed by atoms with E-state index in [1.54, 1.807) is 23.3 Å². The minimum atomic E-state index is 0.119. The number of hydrogen-bond acceptors (Lipinski definition) is 5. The fourth-order valence-corrected chi connectivity index (χ4v) is 4.01. The summed E-state index contributed by atoms with van der Waals surface area (Å²) >= 11 is 0. The zero-order chi connectivity index (χ0) is 20.3. The number of likely N-dealkylation sites (tertiary alicyclic amines) is 1. The summed E-state index contributed by atoms with van der Waals surface area (Å²) in [6, 6.07) is 12.1. The summed E-state index contributed by atoms with van der Waals surface area (Å²) in [6.45, 7) is 1.80. The van der Waals surface area contributed by atoms with Crippen molar-refractivity contribution in [1.29, 1.82) is 0 Å². The van der Waals surface area contributed by atoms with Crippen LogP contribution >= 0.6 is 0 Å². The Hall–Kier alpha value is -3.61. The van der Waals surface area contributed by atoms with Crippen molar-refractivity contribution in [3.05, 3.63) is 73.1 Å². The molecule has 0 saturated carbocycles. The molecular weight excluding hydrogens is 376 g/mol. The molecule has 1 aliphatic rings. The maximum absolute atomic E-state index is 12.5. The zero-order valence-electron chi connectivity index (χ0n) is 16.6. The van der Waals surface area contributed by atoms with Gasteiger partial charge in [0, 0.05) is 66.6 Å². The molecule has 150 valence electrons. The van der Waals surface area contributed by atoms with Gasteiger partial charge in [-0.2, -0.15) is 5.10 Å². The first-order valence-electron chi connectivity index (χ1n) is 10.2. The largest absolute Gasteiger partial charge is 0.341 e. The van der Waals surface area contributed by atoms with Gasteiger partial charge in [-0.3, -0.25) is 14.5 Å². The van der Waals surface area contributed by atoms with Crippen molar-refractivity contribution in [2.45, 2.75) is 25.3 Å². The Bertz CT molecular complexity index is 1150. The van der Waals surface area contributed by atoms with Gasteiger partial charge in [0.25, 0.3) is 0 Å². The lowest BCUT2D eigenvalue weighted by atomic mass is 9.92. The van der Waals surface area contributed by atoms with Gasteiger partial charge in [0.1, 0.15) is 6.54 Å². The highest BCUT2D eigenvalue weighted by Crippen LogP contribution is 2.29. The van der Waals surface area contributed by atoms with Crippen molar-refractivity contribution in [1.82, 2.24) is 29.6 Å². The predicted octanol–water partition coefficient (Wildman–Crippen LogP) is 3.29. The van der Waals surface area contributed by atoms with Gasteiger partial charge in [-0.1, -0.05) is 0 Å². The summed E-state index contributed by atoms with van der Waals surface area (Å²) in [6.07, 6.45) is 10.8. The van der Waals surface area contributed by atoms with Crippen molar-refractivity contribution < 1.29 is 4.79 Å². The molecule has 4 aromatic rings. The lowest BCUT2D eigenvalue weighted by Crippen LogP contribution is -2.39. The average molecular weight is 398 g/mol. The minimum absolute atomic E-state index is 0.119. The van der Waals surface area contributed by atoms with E-state index < -0.39 is 0 Å². The summed E-state index contributed by atoms with van der Waals surface area (Å²) in [5.74, 6) is 0.471. The van der Waals surface area contributed by atoms with E-state index in [-0.39, 0.29) is 5.91 Å². The molecular formula is C23H22N6O. The van der Waals surface area contributed by atoms with Gasteiger partial charge >= 0.3 is 0 Å². The molecule has 0 aromatic carbocycles. The Morgan fingerprint density at radius 2 is 1.87 bits per heavy atom. The number of hydrogen-bond donors (Lipinski definition) is 0. The first kappa shape index (κ1) is 18.4. The zero-order valence-corrected chi connectivity index (χ0v) is 16.6. The molecule has 0 atom stereocenters. The van der Waals surface area contributed by atoms with Crippen molar-refractivity contribution in [3.8, 4) is 11.1 Å². The van der Waals surface area contributed by atoms with Crippen LogP contribution in [-0.4, -0.2) is 48.6 Å². The number of fused-ring (bicyclic) bond motifs is 1. The number of carbonyl (C=O) groups is 1. The third kappa shape index (κ3) is 3.78. The van der Waals surface area contributed by atoms with Crippen LogP contribution < -0.4 is 0 Å².